The van der Waals surface area contributed by atoms with Gasteiger partial charge in [-0.15, -0.1) is 11.3 Å². The Balaban J connectivity index is 1.50. The predicted molar refractivity (Wildman–Crippen MR) is 92.9 cm³/mol. The lowest BCUT2D eigenvalue weighted by molar-refractivity contribution is -0.00463. The largest absolute Gasteiger partial charge is 0.438 e. The monoisotopic (exact) mass is 337 g/mol. The van der Waals surface area contributed by atoms with E-state index in [1.54, 1.807) is 23.7 Å². The van der Waals surface area contributed by atoms with Crippen LogP contribution in [0.4, 0.5) is 0 Å². The number of thiazole rings is 1. The van der Waals surface area contributed by atoms with Crippen LogP contribution in [0.3, 0.4) is 0 Å². The van der Waals surface area contributed by atoms with E-state index in [-0.39, 0.29) is 0 Å². The lowest BCUT2D eigenvalue weighted by Gasteiger charge is -2.18. The molecular formula is C18H15N3O2S. The van der Waals surface area contributed by atoms with Crippen LogP contribution in [0, 0.1) is 0 Å². The van der Waals surface area contributed by atoms with Gasteiger partial charge in [-0.3, -0.25) is 4.98 Å². The van der Waals surface area contributed by atoms with Crippen LogP contribution in [0.15, 0.2) is 66.2 Å². The fraction of sp³-hybridized carbons (Fsp3) is 0.167. The maximum absolute atomic E-state index is 5.73. The second kappa shape index (κ2) is 6.05. The van der Waals surface area contributed by atoms with Gasteiger partial charge in [0.1, 0.15) is 10.8 Å². The minimum atomic E-state index is -0.553. The third-order valence-electron chi connectivity index (χ3n) is 3.76. The Labute approximate surface area is 143 Å². The van der Waals surface area contributed by atoms with Crippen LogP contribution in [0.5, 0.6) is 5.75 Å². The molecule has 0 unspecified atom stereocenters. The summed E-state index contributed by atoms with van der Waals surface area (Å²) in [5.74, 6) is 1.19. The molecule has 0 fully saturated rings. The summed E-state index contributed by atoms with van der Waals surface area (Å²) in [6.07, 6.45) is 5.76. The molecule has 0 bridgehead atoms. The third-order valence-corrected chi connectivity index (χ3v) is 5.05. The molecule has 0 saturated heterocycles. The van der Waals surface area contributed by atoms with Crippen molar-refractivity contribution in [3.63, 3.8) is 0 Å². The van der Waals surface area contributed by atoms with Crippen molar-refractivity contribution in [2.75, 3.05) is 0 Å². The Hall–Kier alpha value is -2.73. The Morgan fingerprint density at radius 3 is 2.79 bits per heavy atom. The van der Waals surface area contributed by atoms with Crippen molar-refractivity contribution in [2.45, 2.75) is 18.9 Å². The van der Waals surface area contributed by atoms with E-state index in [0.717, 1.165) is 15.4 Å². The lowest BCUT2D eigenvalue weighted by atomic mass is 10.0. The minimum absolute atomic E-state index is 0.542. The van der Waals surface area contributed by atoms with Crippen LogP contribution in [0.1, 0.15) is 18.2 Å². The Morgan fingerprint density at radius 1 is 1.12 bits per heavy atom. The maximum atomic E-state index is 5.73. The highest BCUT2D eigenvalue weighted by atomic mass is 32.1. The average Bonchev–Trinajstić information content (AvgIpc) is 3.25. The smallest absolute Gasteiger partial charge is 0.235 e. The molecular weight excluding hydrogens is 322 g/mol. The molecule has 120 valence electrons. The van der Waals surface area contributed by atoms with Crippen LogP contribution >= 0.6 is 11.3 Å². The minimum Gasteiger partial charge on any atom is -0.438 e. The third kappa shape index (κ3) is 2.88. The van der Waals surface area contributed by atoms with Crippen molar-refractivity contribution >= 4 is 17.2 Å². The van der Waals surface area contributed by atoms with E-state index in [0.29, 0.717) is 18.1 Å². The molecule has 1 aliphatic rings. The first-order chi connectivity index (χ1) is 11.7. The molecule has 0 amide bonds. The van der Waals surface area contributed by atoms with Gasteiger partial charge >= 0.3 is 0 Å². The normalized spacial score (nSPS) is 19.6. The zero-order valence-corrected chi connectivity index (χ0v) is 13.9. The first kappa shape index (κ1) is 14.8. The lowest BCUT2D eigenvalue weighted by Crippen LogP contribution is -2.21. The summed E-state index contributed by atoms with van der Waals surface area (Å²) in [5, 5.41) is 5.06. The standard InChI is InChI=1S/C18H15N3O2S/c1-18(10-16(21-23-18)22-14-8-5-9-19-11-14)15-12-20-17(24-15)13-6-3-2-4-7-13/h2-9,11-12H,10H2,1H3/t18-/m0/s1. The van der Waals surface area contributed by atoms with Crippen molar-refractivity contribution in [3.8, 4) is 16.3 Å². The van der Waals surface area contributed by atoms with Gasteiger partial charge in [0.15, 0.2) is 5.60 Å². The van der Waals surface area contributed by atoms with Gasteiger partial charge in [0.25, 0.3) is 0 Å². The molecule has 0 saturated carbocycles. The molecule has 0 aliphatic carbocycles. The summed E-state index contributed by atoms with van der Waals surface area (Å²) < 4.78 is 5.73. The van der Waals surface area contributed by atoms with Crippen molar-refractivity contribution in [1.29, 1.82) is 0 Å². The highest BCUT2D eigenvalue weighted by molar-refractivity contribution is 7.15. The molecule has 24 heavy (non-hydrogen) atoms. The molecule has 0 N–H and O–H groups in total. The quantitative estimate of drug-likeness (QED) is 0.717. The molecule has 3 aromatic rings. The Bertz CT molecular complexity index is 864. The second-order valence-corrected chi connectivity index (χ2v) is 6.70. The molecule has 3 heterocycles. The fourth-order valence-corrected chi connectivity index (χ4v) is 3.47. The predicted octanol–water partition coefficient (Wildman–Crippen LogP) is 4.23. The van der Waals surface area contributed by atoms with E-state index in [2.05, 4.69) is 15.1 Å². The van der Waals surface area contributed by atoms with Gasteiger partial charge in [0.05, 0.1) is 17.5 Å². The van der Waals surface area contributed by atoms with E-state index in [1.165, 1.54) is 0 Å². The first-order valence-corrected chi connectivity index (χ1v) is 8.39. The van der Waals surface area contributed by atoms with Gasteiger partial charge in [-0.25, -0.2) is 4.98 Å². The van der Waals surface area contributed by atoms with Gasteiger partial charge < -0.3 is 9.57 Å². The molecule has 0 spiro atoms. The summed E-state index contributed by atoms with van der Waals surface area (Å²) in [6, 6.07) is 13.8. The summed E-state index contributed by atoms with van der Waals surface area (Å²) in [5.41, 5.74) is 0.547. The van der Waals surface area contributed by atoms with Crippen LogP contribution in [-0.4, -0.2) is 15.9 Å². The number of nitrogens with zero attached hydrogens (tertiary/aromatic N) is 3. The molecule has 1 atom stereocenters. The van der Waals surface area contributed by atoms with Gasteiger partial charge in [0.2, 0.25) is 5.90 Å². The van der Waals surface area contributed by atoms with E-state index in [1.807, 2.05) is 55.6 Å². The van der Waals surface area contributed by atoms with Crippen LogP contribution < -0.4 is 4.74 Å². The van der Waals surface area contributed by atoms with Gasteiger partial charge in [-0.2, -0.15) is 0 Å². The zero-order valence-electron chi connectivity index (χ0n) is 13.0. The van der Waals surface area contributed by atoms with Crippen LogP contribution in [0.25, 0.3) is 10.6 Å². The molecule has 4 rings (SSSR count). The first-order valence-electron chi connectivity index (χ1n) is 7.58. The maximum Gasteiger partial charge on any atom is 0.235 e. The average molecular weight is 337 g/mol. The summed E-state index contributed by atoms with van der Waals surface area (Å²) in [6.45, 7) is 2.00. The molecule has 6 heteroatoms. The number of oxime groups is 1. The SMILES string of the molecule is C[C@@]1(c2cnc(-c3ccccc3)s2)CC(Oc2cccnc2)=NO1. The van der Waals surface area contributed by atoms with Crippen molar-refractivity contribution in [1.82, 2.24) is 9.97 Å². The molecule has 0 radical (unpaired) electrons. The van der Waals surface area contributed by atoms with E-state index >= 15 is 0 Å². The molecule has 1 aliphatic heterocycles. The number of hydrogen-bond acceptors (Lipinski definition) is 6. The highest BCUT2D eigenvalue weighted by Gasteiger charge is 2.39. The Kier molecular flexibility index (Phi) is 3.74. The molecule has 1 aromatic carbocycles. The van der Waals surface area contributed by atoms with Crippen molar-refractivity contribution in [3.05, 3.63) is 65.9 Å². The van der Waals surface area contributed by atoms with E-state index < -0.39 is 5.60 Å². The Morgan fingerprint density at radius 2 is 2.00 bits per heavy atom. The van der Waals surface area contributed by atoms with Gasteiger partial charge in [0, 0.05) is 18.0 Å². The number of pyridine rings is 1. The topological polar surface area (TPSA) is 56.6 Å². The highest BCUT2D eigenvalue weighted by Crippen LogP contribution is 2.39. The van der Waals surface area contributed by atoms with E-state index in [9.17, 15) is 0 Å². The fourth-order valence-electron chi connectivity index (χ4n) is 2.47. The summed E-state index contributed by atoms with van der Waals surface area (Å²) >= 11 is 1.61. The van der Waals surface area contributed by atoms with Gasteiger partial charge in [-0.05, 0) is 19.1 Å². The number of benzene rings is 1. The number of aromatic nitrogens is 2. The van der Waals surface area contributed by atoms with E-state index in [4.69, 9.17) is 9.57 Å². The van der Waals surface area contributed by atoms with Crippen molar-refractivity contribution < 1.29 is 9.57 Å². The van der Waals surface area contributed by atoms with Gasteiger partial charge in [-0.1, -0.05) is 35.5 Å². The number of rotatable bonds is 3. The number of hydrogen-bond donors (Lipinski definition) is 0. The van der Waals surface area contributed by atoms with Crippen molar-refractivity contribution in [2.24, 2.45) is 5.16 Å². The molecule has 2 aromatic heterocycles. The second-order valence-electron chi connectivity index (χ2n) is 5.67. The number of ether oxygens (including phenoxy) is 1. The van der Waals surface area contributed by atoms with Crippen LogP contribution in [0.2, 0.25) is 0 Å². The summed E-state index contributed by atoms with van der Waals surface area (Å²) in [4.78, 5) is 15.2. The molecule has 5 nitrogen and oxygen atoms in total. The summed E-state index contributed by atoms with van der Waals surface area (Å²) in [7, 11) is 0. The zero-order chi connectivity index (χ0) is 16.4. The van der Waals surface area contributed by atoms with Crippen LogP contribution in [-0.2, 0) is 10.4 Å².